The summed E-state index contributed by atoms with van der Waals surface area (Å²) in [4.78, 5) is 16.2. The monoisotopic (exact) mass is 807 g/mol. The van der Waals surface area contributed by atoms with Crippen LogP contribution < -0.4 is 0 Å². The lowest BCUT2D eigenvalue weighted by atomic mass is 9.81. The van der Waals surface area contributed by atoms with Gasteiger partial charge in [0.25, 0.3) is 0 Å². The number of fused-ring (bicyclic) bond motifs is 13. The molecule has 0 atom stereocenters. The normalized spacial score (nSPS) is 14.3. The number of para-hydroxylation sites is 1. The quantitative estimate of drug-likeness (QED) is 0.166. The van der Waals surface area contributed by atoms with E-state index in [4.69, 9.17) is 19.4 Å². The van der Waals surface area contributed by atoms with Crippen LogP contribution in [-0.4, -0.2) is 15.0 Å². The van der Waals surface area contributed by atoms with E-state index in [1.165, 1.54) is 60.5 Å². The summed E-state index contributed by atoms with van der Waals surface area (Å²) >= 11 is 0. The van der Waals surface area contributed by atoms with Gasteiger partial charge in [-0.2, -0.15) is 0 Å². The van der Waals surface area contributed by atoms with E-state index in [0.29, 0.717) is 17.5 Å². The Morgan fingerprint density at radius 1 is 0.365 bits per heavy atom. The molecule has 0 saturated carbocycles. The van der Waals surface area contributed by atoms with E-state index in [9.17, 15) is 0 Å². The first kappa shape index (κ1) is 36.0. The number of rotatable bonds is 4. The number of furan rings is 1. The van der Waals surface area contributed by atoms with E-state index in [0.717, 1.165) is 55.3 Å². The lowest BCUT2D eigenvalue weighted by Gasteiger charge is -2.22. The fourth-order valence-corrected chi connectivity index (χ4v) is 10.8. The Hall–Kier alpha value is -7.69. The van der Waals surface area contributed by atoms with E-state index in [1.807, 2.05) is 12.1 Å². The summed E-state index contributed by atoms with van der Waals surface area (Å²) in [6, 6.07) is 63.3. The largest absolute Gasteiger partial charge is 0.455 e. The van der Waals surface area contributed by atoms with Crippen molar-refractivity contribution in [2.75, 3.05) is 0 Å². The second-order valence-corrected chi connectivity index (χ2v) is 18.4. The van der Waals surface area contributed by atoms with Gasteiger partial charge in [0.05, 0.1) is 0 Å². The molecule has 63 heavy (non-hydrogen) atoms. The molecular weight excluding hydrogens is 767 g/mol. The van der Waals surface area contributed by atoms with E-state index in [1.54, 1.807) is 0 Å². The van der Waals surface area contributed by atoms with Gasteiger partial charge in [-0.3, -0.25) is 0 Å². The van der Waals surface area contributed by atoms with Crippen LogP contribution in [-0.2, 0) is 10.8 Å². The molecule has 0 amide bonds. The molecule has 4 heteroatoms. The topological polar surface area (TPSA) is 51.8 Å². The molecule has 0 saturated heterocycles. The number of hydrogen-bond acceptors (Lipinski definition) is 4. The molecule has 298 valence electrons. The molecule has 0 N–H and O–H groups in total. The highest BCUT2D eigenvalue weighted by Crippen LogP contribution is 2.55. The maximum atomic E-state index is 6.89. The van der Waals surface area contributed by atoms with Crippen LogP contribution in [0.3, 0.4) is 0 Å². The standard InChI is InChI=1S/C59H41N3O/c1-58(2)47-22-11-8-19-40(47)45-32-44-37(31-49(45)58)27-25-35-26-28-39(30-43(35)44)56-60-55(38-18-14-17-36(29-38)34-15-6-5-7-16-34)61-57(62-56)46-33-50-53(41-20-9-12-23-48(41)59(50,3)4)54-52(46)42-21-10-13-24-51(42)63-54/h5-33H,1-4H3. The van der Waals surface area contributed by atoms with Crippen molar-refractivity contribution in [2.45, 2.75) is 38.5 Å². The van der Waals surface area contributed by atoms with Crippen LogP contribution >= 0.6 is 0 Å². The zero-order valence-electron chi connectivity index (χ0n) is 35.5. The highest BCUT2D eigenvalue weighted by molar-refractivity contribution is 6.18. The predicted molar refractivity (Wildman–Crippen MR) is 259 cm³/mol. The second kappa shape index (κ2) is 12.9. The van der Waals surface area contributed by atoms with Crippen LogP contribution in [0.4, 0.5) is 0 Å². The van der Waals surface area contributed by atoms with Gasteiger partial charge in [0, 0.05) is 43.9 Å². The van der Waals surface area contributed by atoms with Crippen molar-refractivity contribution >= 4 is 43.5 Å². The van der Waals surface area contributed by atoms with Crippen molar-refractivity contribution in [3.8, 4) is 67.5 Å². The minimum Gasteiger partial charge on any atom is -0.455 e. The summed E-state index contributed by atoms with van der Waals surface area (Å²) in [7, 11) is 0. The molecule has 4 nitrogen and oxygen atoms in total. The summed E-state index contributed by atoms with van der Waals surface area (Å²) in [5, 5.41) is 6.84. The summed E-state index contributed by atoms with van der Waals surface area (Å²) in [5.41, 5.74) is 16.6. The molecular formula is C59H41N3O. The van der Waals surface area contributed by atoms with Crippen molar-refractivity contribution < 1.29 is 4.42 Å². The molecule has 2 heterocycles. The fourth-order valence-electron chi connectivity index (χ4n) is 10.8. The maximum absolute atomic E-state index is 6.89. The summed E-state index contributed by atoms with van der Waals surface area (Å²) < 4.78 is 6.89. The number of benzene rings is 9. The van der Waals surface area contributed by atoms with E-state index in [2.05, 4.69) is 191 Å². The molecule has 2 aliphatic carbocycles. The Labute approximate surface area is 365 Å². The third-order valence-corrected chi connectivity index (χ3v) is 14.1. The number of aromatic nitrogens is 3. The first-order chi connectivity index (χ1) is 30.7. The van der Waals surface area contributed by atoms with Gasteiger partial charge < -0.3 is 4.42 Å². The Bertz CT molecular complexity index is 3740. The lowest BCUT2D eigenvalue weighted by Crippen LogP contribution is -2.15. The Balaban J connectivity index is 1.08. The van der Waals surface area contributed by atoms with Gasteiger partial charge in [0.2, 0.25) is 0 Å². The molecule has 13 rings (SSSR count). The van der Waals surface area contributed by atoms with Crippen LogP contribution in [0.5, 0.6) is 0 Å². The molecule has 0 bridgehead atoms. The average Bonchev–Trinajstić information content (AvgIpc) is 3.90. The number of nitrogens with zero attached hydrogens (tertiary/aromatic N) is 3. The van der Waals surface area contributed by atoms with Gasteiger partial charge in [0.1, 0.15) is 11.2 Å². The lowest BCUT2D eigenvalue weighted by molar-refractivity contribution is 0.653. The molecule has 0 unspecified atom stereocenters. The van der Waals surface area contributed by atoms with Crippen molar-refractivity contribution in [3.63, 3.8) is 0 Å². The smallest absolute Gasteiger partial charge is 0.164 e. The molecule has 0 spiro atoms. The van der Waals surface area contributed by atoms with Gasteiger partial charge in [-0.25, -0.2) is 15.0 Å². The minimum atomic E-state index is -0.272. The molecule has 9 aromatic carbocycles. The van der Waals surface area contributed by atoms with Gasteiger partial charge in [-0.15, -0.1) is 0 Å². The zero-order chi connectivity index (χ0) is 42.2. The molecule has 0 aliphatic heterocycles. The summed E-state index contributed by atoms with van der Waals surface area (Å²) in [5.74, 6) is 1.85. The first-order valence-corrected chi connectivity index (χ1v) is 21.8. The molecule has 0 fully saturated rings. The fraction of sp³-hybridized carbons (Fsp3) is 0.102. The van der Waals surface area contributed by atoms with Crippen molar-refractivity contribution in [1.82, 2.24) is 15.0 Å². The minimum absolute atomic E-state index is 0.0757. The van der Waals surface area contributed by atoms with Gasteiger partial charge in [-0.1, -0.05) is 167 Å². The maximum Gasteiger partial charge on any atom is 0.164 e. The van der Waals surface area contributed by atoms with Crippen molar-refractivity contribution in [2.24, 2.45) is 0 Å². The zero-order valence-corrected chi connectivity index (χ0v) is 35.5. The Morgan fingerprint density at radius 3 is 1.79 bits per heavy atom. The average molecular weight is 808 g/mol. The highest BCUT2D eigenvalue weighted by atomic mass is 16.3. The van der Waals surface area contributed by atoms with Crippen LogP contribution in [0.2, 0.25) is 0 Å². The van der Waals surface area contributed by atoms with Crippen LogP contribution in [0.25, 0.3) is 111 Å². The molecule has 0 radical (unpaired) electrons. The van der Waals surface area contributed by atoms with Crippen molar-refractivity contribution in [3.05, 3.63) is 198 Å². The Morgan fingerprint density at radius 2 is 0.968 bits per heavy atom. The van der Waals surface area contributed by atoms with E-state index in [-0.39, 0.29) is 10.8 Å². The third kappa shape index (κ3) is 5.18. The van der Waals surface area contributed by atoms with Crippen molar-refractivity contribution in [1.29, 1.82) is 0 Å². The second-order valence-electron chi connectivity index (χ2n) is 18.4. The first-order valence-electron chi connectivity index (χ1n) is 21.8. The SMILES string of the molecule is CC1(C)c2ccccc2-c2cc3c(ccc4ccc(-c5nc(-c6cccc(-c7ccccc7)c6)nc(-c6cc7c(c8oc9ccccc9c68)-c6ccccc6C7(C)C)n5)cc43)cc21. The highest BCUT2D eigenvalue weighted by Gasteiger charge is 2.39. The van der Waals surface area contributed by atoms with Crippen LogP contribution in [0.1, 0.15) is 49.9 Å². The van der Waals surface area contributed by atoms with Crippen LogP contribution in [0, 0.1) is 0 Å². The Kier molecular flexibility index (Phi) is 7.38. The van der Waals surface area contributed by atoms with Gasteiger partial charge in [0.15, 0.2) is 17.5 Å². The molecule has 11 aromatic rings. The third-order valence-electron chi connectivity index (χ3n) is 14.1. The van der Waals surface area contributed by atoms with Crippen LogP contribution in [0.15, 0.2) is 180 Å². The molecule has 2 aliphatic rings. The summed E-state index contributed by atoms with van der Waals surface area (Å²) in [6.45, 7) is 9.30. The van der Waals surface area contributed by atoms with E-state index >= 15 is 0 Å². The van der Waals surface area contributed by atoms with Gasteiger partial charge >= 0.3 is 0 Å². The number of hydrogen-bond donors (Lipinski definition) is 0. The predicted octanol–water partition coefficient (Wildman–Crippen LogP) is 15.4. The van der Waals surface area contributed by atoms with E-state index < -0.39 is 0 Å². The summed E-state index contributed by atoms with van der Waals surface area (Å²) in [6.07, 6.45) is 0. The molecule has 2 aromatic heterocycles. The van der Waals surface area contributed by atoms with Gasteiger partial charge in [-0.05, 0) is 108 Å².